The van der Waals surface area contributed by atoms with Gasteiger partial charge in [0.2, 0.25) is 0 Å². The normalized spacial score (nSPS) is 9.95. The van der Waals surface area contributed by atoms with Gasteiger partial charge in [0.25, 0.3) is 0 Å². The van der Waals surface area contributed by atoms with E-state index in [2.05, 4.69) is 15.5 Å². The molecule has 1 aromatic rings. The Hall–Kier alpha value is -2.58. The van der Waals surface area contributed by atoms with Crippen molar-refractivity contribution in [2.24, 2.45) is 0 Å². The molecule has 9 nitrogen and oxygen atoms in total. The van der Waals surface area contributed by atoms with Gasteiger partial charge in [-0.3, -0.25) is 14.7 Å². The highest BCUT2D eigenvalue weighted by molar-refractivity contribution is 5.84. The molecule has 0 atom stereocenters. The van der Waals surface area contributed by atoms with Gasteiger partial charge in [0.05, 0.1) is 6.20 Å². The topological polar surface area (TPSA) is 136 Å². The minimum absolute atomic E-state index is 0.136. The van der Waals surface area contributed by atoms with Gasteiger partial charge in [-0.2, -0.15) is 5.10 Å². The van der Waals surface area contributed by atoms with Crippen molar-refractivity contribution in [1.82, 2.24) is 20.4 Å². The van der Waals surface area contributed by atoms with Gasteiger partial charge in [-0.15, -0.1) is 0 Å². The summed E-state index contributed by atoms with van der Waals surface area (Å²) in [5, 5.41) is 26.1. The quantitative estimate of drug-likeness (QED) is 0.545. The van der Waals surface area contributed by atoms with Gasteiger partial charge >= 0.3 is 18.0 Å². The van der Waals surface area contributed by atoms with Crippen molar-refractivity contribution in [3.05, 3.63) is 17.5 Å². The van der Waals surface area contributed by atoms with Gasteiger partial charge in [-0.05, 0) is 6.92 Å². The zero-order valence-corrected chi connectivity index (χ0v) is 10.2. The molecule has 4 N–H and O–H groups in total. The first-order valence-electron chi connectivity index (χ1n) is 5.35. The number of carboxylic acid groups (broad SMARTS) is 2. The molecule has 0 aromatic carbocycles. The predicted octanol–water partition coefficient (Wildman–Crippen LogP) is -0.601. The summed E-state index contributed by atoms with van der Waals surface area (Å²) >= 11 is 0. The van der Waals surface area contributed by atoms with Crippen LogP contribution in [0.2, 0.25) is 0 Å². The third kappa shape index (κ3) is 4.66. The molecule has 0 radical (unpaired) electrons. The van der Waals surface area contributed by atoms with Gasteiger partial charge in [0.15, 0.2) is 0 Å². The number of hydrogen-bond donors (Lipinski definition) is 4. The largest absolute Gasteiger partial charge is 0.480 e. The number of aryl methyl sites for hydroxylation is 1. The summed E-state index contributed by atoms with van der Waals surface area (Å²) in [7, 11) is 0. The fourth-order valence-corrected chi connectivity index (χ4v) is 1.36. The number of carboxylic acids is 2. The Morgan fingerprint density at radius 1 is 1.32 bits per heavy atom. The molecule has 0 bridgehead atoms. The molecule has 9 heteroatoms. The van der Waals surface area contributed by atoms with Crippen LogP contribution in [0.1, 0.15) is 11.3 Å². The van der Waals surface area contributed by atoms with Crippen LogP contribution in [-0.2, 0) is 16.1 Å². The van der Waals surface area contributed by atoms with Gasteiger partial charge < -0.3 is 20.4 Å². The average Bonchev–Trinajstić information content (AvgIpc) is 2.69. The third-order valence-corrected chi connectivity index (χ3v) is 2.30. The van der Waals surface area contributed by atoms with Crippen molar-refractivity contribution < 1.29 is 24.6 Å². The van der Waals surface area contributed by atoms with Crippen LogP contribution >= 0.6 is 0 Å². The summed E-state index contributed by atoms with van der Waals surface area (Å²) in [6.45, 7) is 0.544. The number of aliphatic carboxylic acids is 2. The highest BCUT2D eigenvalue weighted by Gasteiger charge is 2.19. The van der Waals surface area contributed by atoms with Gasteiger partial charge in [0.1, 0.15) is 13.1 Å². The summed E-state index contributed by atoms with van der Waals surface area (Å²) in [5.74, 6) is -2.56. The molecule has 1 heterocycles. The van der Waals surface area contributed by atoms with Crippen molar-refractivity contribution in [2.45, 2.75) is 13.5 Å². The fraction of sp³-hybridized carbons (Fsp3) is 0.400. The molecule has 0 unspecified atom stereocenters. The lowest BCUT2D eigenvalue weighted by Gasteiger charge is -2.18. The number of aromatic amines is 1. The van der Waals surface area contributed by atoms with Crippen molar-refractivity contribution in [2.75, 3.05) is 13.1 Å². The molecule has 19 heavy (non-hydrogen) atoms. The zero-order chi connectivity index (χ0) is 14.4. The number of aromatic nitrogens is 2. The van der Waals surface area contributed by atoms with Crippen molar-refractivity contribution in [3.63, 3.8) is 0 Å². The van der Waals surface area contributed by atoms with Gasteiger partial charge in [-0.1, -0.05) is 0 Å². The van der Waals surface area contributed by atoms with Crippen LogP contribution in [0.15, 0.2) is 6.20 Å². The summed E-state index contributed by atoms with van der Waals surface area (Å²) in [6.07, 6.45) is 1.52. The van der Waals surface area contributed by atoms with E-state index in [9.17, 15) is 14.4 Å². The Morgan fingerprint density at radius 3 is 2.32 bits per heavy atom. The van der Waals surface area contributed by atoms with Gasteiger partial charge in [0, 0.05) is 17.8 Å². The number of hydrogen-bond acceptors (Lipinski definition) is 4. The standard InChI is InChI=1S/C10H14N4O5/c1-6-7(3-12-13-6)2-11-10(19)14(4-8(15)16)5-9(17)18/h3H,2,4-5H2,1H3,(H,11,19)(H,12,13)(H,15,16)(H,17,18). The highest BCUT2D eigenvalue weighted by Crippen LogP contribution is 2.02. The first-order valence-corrected chi connectivity index (χ1v) is 5.35. The second-order valence-corrected chi connectivity index (χ2v) is 3.82. The Balaban J connectivity index is 2.58. The van der Waals surface area contributed by atoms with Crippen LogP contribution in [0.3, 0.4) is 0 Å². The van der Waals surface area contributed by atoms with Crippen LogP contribution < -0.4 is 5.32 Å². The second kappa shape index (κ2) is 6.38. The van der Waals surface area contributed by atoms with Crippen molar-refractivity contribution >= 4 is 18.0 Å². The summed E-state index contributed by atoms with van der Waals surface area (Å²) in [5.41, 5.74) is 1.50. The summed E-state index contributed by atoms with van der Waals surface area (Å²) in [4.78, 5) is 33.5. The number of H-pyrrole nitrogens is 1. The third-order valence-electron chi connectivity index (χ3n) is 2.30. The molecular formula is C10H14N4O5. The monoisotopic (exact) mass is 270 g/mol. The maximum atomic E-state index is 11.7. The molecule has 0 aliphatic heterocycles. The van der Waals surface area contributed by atoms with E-state index in [4.69, 9.17) is 10.2 Å². The fourth-order valence-electron chi connectivity index (χ4n) is 1.36. The Bertz CT molecular complexity index is 468. The maximum Gasteiger partial charge on any atom is 0.323 e. The Labute approximate surface area is 108 Å². The SMILES string of the molecule is Cc1[nH]ncc1CNC(=O)N(CC(=O)O)CC(=O)O. The first kappa shape index (κ1) is 14.5. The van der Waals surface area contributed by atoms with E-state index < -0.39 is 31.1 Å². The minimum atomic E-state index is -1.28. The van der Waals surface area contributed by atoms with E-state index >= 15 is 0 Å². The van der Waals surface area contributed by atoms with Crippen LogP contribution in [0.25, 0.3) is 0 Å². The number of nitrogens with one attached hydrogen (secondary N) is 2. The van der Waals surface area contributed by atoms with Crippen LogP contribution in [0.5, 0.6) is 0 Å². The van der Waals surface area contributed by atoms with Gasteiger partial charge in [-0.25, -0.2) is 4.79 Å². The average molecular weight is 270 g/mol. The van der Waals surface area contributed by atoms with E-state index in [1.165, 1.54) is 6.20 Å². The Morgan fingerprint density at radius 2 is 1.89 bits per heavy atom. The van der Waals surface area contributed by atoms with Crippen molar-refractivity contribution in [3.8, 4) is 0 Å². The van der Waals surface area contributed by atoms with Crippen LogP contribution in [0.4, 0.5) is 4.79 Å². The molecule has 0 spiro atoms. The van der Waals surface area contributed by atoms with E-state index in [1.807, 2.05) is 0 Å². The molecular weight excluding hydrogens is 256 g/mol. The second-order valence-electron chi connectivity index (χ2n) is 3.82. The number of amides is 2. The Kier molecular flexibility index (Phi) is 4.86. The minimum Gasteiger partial charge on any atom is -0.480 e. The van der Waals surface area contributed by atoms with E-state index in [0.29, 0.717) is 4.90 Å². The molecule has 0 aliphatic rings. The molecule has 104 valence electrons. The zero-order valence-electron chi connectivity index (χ0n) is 10.2. The number of carbonyl (C=O) groups is 3. The maximum absolute atomic E-state index is 11.7. The predicted molar refractivity (Wildman–Crippen MR) is 62.4 cm³/mol. The molecule has 1 rings (SSSR count). The van der Waals surface area contributed by atoms with Crippen LogP contribution in [-0.4, -0.2) is 56.4 Å². The number of nitrogens with zero attached hydrogens (tertiary/aromatic N) is 2. The van der Waals surface area contributed by atoms with E-state index in [-0.39, 0.29) is 6.54 Å². The lowest BCUT2D eigenvalue weighted by atomic mass is 10.3. The molecule has 0 aliphatic carbocycles. The molecule has 1 aromatic heterocycles. The summed E-state index contributed by atoms with van der Waals surface area (Å²) < 4.78 is 0. The lowest BCUT2D eigenvalue weighted by Crippen LogP contribution is -2.45. The van der Waals surface area contributed by atoms with E-state index in [0.717, 1.165) is 11.3 Å². The summed E-state index contributed by atoms with van der Waals surface area (Å²) in [6, 6.07) is -0.759. The molecule has 0 fully saturated rings. The molecule has 0 saturated carbocycles. The lowest BCUT2D eigenvalue weighted by molar-refractivity contribution is -0.140. The highest BCUT2D eigenvalue weighted by atomic mass is 16.4. The number of urea groups is 1. The smallest absolute Gasteiger partial charge is 0.323 e. The first-order chi connectivity index (χ1) is 8.90. The van der Waals surface area contributed by atoms with Crippen molar-refractivity contribution in [1.29, 1.82) is 0 Å². The molecule has 2 amide bonds. The number of rotatable bonds is 6. The molecule has 0 saturated heterocycles. The van der Waals surface area contributed by atoms with E-state index in [1.54, 1.807) is 6.92 Å². The number of carbonyl (C=O) groups excluding carboxylic acids is 1. The van der Waals surface area contributed by atoms with Crippen LogP contribution in [0, 0.1) is 6.92 Å².